The van der Waals surface area contributed by atoms with E-state index in [1.54, 1.807) is 11.3 Å². The molecule has 0 saturated carbocycles. The van der Waals surface area contributed by atoms with Crippen LogP contribution < -0.4 is 10.2 Å². The molecule has 2 aromatic rings. The van der Waals surface area contributed by atoms with E-state index >= 15 is 0 Å². The van der Waals surface area contributed by atoms with Gasteiger partial charge < -0.3 is 15.1 Å². The first-order chi connectivity index (χ1) is 13.2. The Morgan fingerprint density at radius 3 is 2.44 bits per heavy atom. The van der Waals surface area contributed by atoms with Gasteiger partial charge in [-0.2, -0.15) is 0 Å². The summed E-state index contributed by atoms with van der Waals surface area (Å²) in [6.45, 7) is 5.37. The zero-order valence-corrected chi connectivity index (χ0v) is 16.6. The highest BCUT2D eigenvalue weighted by molar-refractivity contribution is 7.10. The van der Waals surface area contributed by atoms with Crippen molar-refractivity contribution in [3.05, 3.63) is 46.7 Å². The van der Waals surface area contributed by atoms with Gasteiger partial charge in [-0.25, -0.2) is 0 Å². The molecule has 2 heterocycles. The van der Waals surface area contributed by atoms with Crippen molar-refractivity contribution >= 4 is 34.5 Å². The number of nitrogens with zero attached hydrogens (tertiary/aromatic N) is 2. The second kappa shape index (κ2) is 9.55. The molecule has 0 unspecified atom stereocenters. The maximum Gasteiger partial charge on any atom is 0.229 e. The third kappa shape index (κ3) is 5.57. The average Bonchev–Trinajstić information content (AvgIpc) is 3.19. The van der Waals surface area contributed by atoms with E-state index in [4.69, 9.17) is 0 Å². The van der Waals surface area contributed by atoms with E-state index in [1.807, 2.05) is 46.7 Å². The lowest BCUT2D eigenvalue weighted by atomic mass is 10.2. The molecule has 0 aliphatic carbocycles. The van der Waals surface area contributed by atoms with Gasteiger partial charge >= 0.3 is 0 Å². The molecule has 1 saturated heterocycles. The van der Waals surface area contributed by atoms with Crippen molar-refractivity contribution in [3.63, 3.8) is 0 Å². The fourth-order valence-corrected chi connectivity index (χ4v) is 3.94. The normalized spacial score (nSPS) is 14.3. The standard InChI is InChI=1S/C21H27N3O2S/c1-2-3-6-21(26)24-13-11-23(12-14-24)18-9-7-17(8-10-18)22-20(25)16-19-5-4-15-27-19/h4-5,7-10,15H,2-3,6,11-14,16H2,1H3,(H,22,25). The molecular weight excluding hydrogens is 358 g/mol. The fourth-order valence-electron chi connectivity index (χ4n) is 3.23. The monoisotopic (exact) mass is 385 g/mol. The molecule has 2 amide bonds. The van der Waals surface area contributed by atoms with Crippen molar-refractivity contribution in [2.24, 2.45) is 0 Å². The number of anilines is 2. The number of thiophene rings is 1. The summed E-state index contributed by atoms with van der Waals surface area (Å²) in [6, 6.07) is 11.9. The first kappa shape index (κ1) is 19.4. The lowest BCUT2D eigenvalue weighted by Crippen LogP contribution is -2.48. The first-order valence-corrected chi connectivity index (χ1v) is 10.5. The first-order valence-electron chi connectivity index (χ1n) is 9.60. The quantitative estimate of drug-likeness (QED) is 0.789. The van der Waals surface area contributed by atoms with Crippen LogP contribution in [0, 0.1) is 0 Å². The summed E-state index contributed by atoms with van der Waals surface area (Å²) in [4.78, 5) is 29.6. The zero-order chi connectivity index (χ0) is 19.1. The third-order valence-electron chi connectivity index (χ3n) is 4.81. The maximum atomic E-state index is 12.1. The number of amides is 2. The van der Waals surface area contributed by atoms with Crippen LogP contribution in [0.2, 0.25) is 0 Å². The molecule has 1 aliphatic heterocycles. The second-order valence-electron chi connectivity index (χ2n) is 6.82. The highest BCUT2D eigenvalue weighted by Gasteiger charge is 2.20. The predicted octanol–water partition coefficient (Wildman–Crippen LogP) is 3.77. The van der Waals surface area contributed by atoms with Crippen molar-refractivity contribution in [2.45, 2.75) is 32.6 Å². The van der Waals surface area contributed by atoms with Crippen LogP contribution in [0.1, 0.15) is 31.1 Å². The van der Waals surface area contributed by atoms with Gasteiger partial charge in [0.15, 0.2) is 0 Å². The van der Waals surface area contributed by atoms with Crippen LogP contribution in [0.5, 0.6) is 0 Å². The third-order valence-corrected chi connectivity index (χ3v) is 5.68. The minimum atomic E-state index is 0.00408. The van der Waals surface area contributed by atoms with Crippen molar-refractivity contribution in [2.75, 3.05) is 36.4 Å². The molecule has 27 heavy (non-hydrogen) atoms. The lowest BCUT2D eigenvalue weighted by Gasteiger charge is -2.36. The van der Waals surface area contributed by atoms with Gasteiger partial charge in [-0.3, -0.25) is 9.59 Å². The number of unbranched alkanes of at least 4 members (excludes halogenated alkanes) is 1. The molecule has 0 bridgehead atoms. The van der Waals surface area contributed by atoms with E-state index < -0.39 is 0 Å². The molecule has 0 spiro atoms. The Morgan fingerprint density at radius 1 is 1.07 bits per heavy atom. The minimum Gasteiger partial charge on any atom is -0.368 e. The predicted molar refractivity (Wildman–Crippen MR) is 111 cm³/mol. The van der Waals surface area contributed by atoms with Crippen LogP contribution in [0.4, 0.5) is 11.4 Å². The number of carbonyl (C=O) groups is 2. The molecule has 1 fully saturated rings. The van der Waals surface area contributed by atoms with Gasteiger partial charge in [0.2, 0.25) is 11.8 Å². The van der Waals surface area contributed by atoms with Crippen molar-refractivity contribution in [1.82, 2.24) is 4.90 Å². The van der Waals surface area contributed by atoms with Crippen molar-refractivity contribution < 1.29 is 9.59 Å². The lowest BCUT2D eigenvalue weighted by molar-refractivity contribution is -0.131. The fraction of sp³-hybridized carbons (Fsp3) is 0.429. The molecule has 1 N–H and O–H groups in total. The van der Waals surface area contributed by atoms with Crippen LogP contribution in [0.15, 0.2) is 41.8 Å². The Bertz CT molecular complexity index is 735. The highest BCUT2D eigenvalue weighted by Crippen LogP contribution is 2.20. The van der Waals surface area contributed by atoms with Crippen LogP contribution >= 0.6 is 11.3 Å². The zero-order valence-electron chi connectivity index (χ0n) is 15.8. The molecule has 1 aliphatic rings. The van der Waals surface area contributed by atoms with Gasteiger partial charge in [0.25, 0.3) is 0 Å². The SMILES string of the molecule is CCCCC(=O)N1CCN(c2ccc(NC(=O)Cc3cccs3)cc2)CC1. The number of nitrogens with one attached hydrogen (secondary N) is 1. The number of carbonyl (C=O) groups excluding carboxylic acids is 2. The van der Waals surface area contributed by atoms with Crippen molar-refractivity contribution in [3.8, 4) is 0 Å². The smallest absolute Gasteiger partial charge is 0.229 e. The summed E-state index contributed by atoms with van der Waals surface area (Å²) in [6.07, 6.45) is 3.10. The second-order valence-corrected chi connectivity index (χ2v) is 7.85. The summed E-state index contributed by atoms with van der Waals surface area (Å²) in [5, 5.41) is 4.93. The summed E-state index contributed by atoms with van der Waals surface area (Å²) < 4.78 is 0. The highest BCUT2D eigenvalue weighted by atomic mass is 32.1. The Hall–Kier alpha value is -2.34. The molecule has 1 aromatic carbocycles. The van der Waals surface area contributed by atoms with Gasteiger partial charge in [0.05, 0.1) is 6.42 Å². The van der Waals surface area contributed by atoms with E-state index in [1.165, 1.54) is 0 Å². The van der Waals surface area contributed by atoms with Gasteiger partial charge in [-0.1, -0.05) is 19.4 Å². The van der Waals surface area contributed by atoms with Crippen LogP contribution in [0.25, 0.3) is 0 Å². The Balaban J connectivity index is 1.48. The molecule has 6 heteroatoms. The van der Waals surface area contributed by atoms with E-state index in [-0.39, 0.29) is 11.8 Å². The van der Waals surface area contributed by atoms with Crippen molar-refractivity contribution in [1.29, 1.82) is 0 Å². The number of hydrogen-bond acceptors (Lipinski definition) is 4. The van der Waals surface area contributed by atoms with Gasteiger partial charge in [-0.15, -0.1) is 11.3 Å². The van der Waals surface area contributed by atoms with E-state index in [2.05, 4.69) is 17.1 Å². The minimum absolute atomic E-state index is 0.00408. The molecule has 0 atom stereocenters. The number of hydrogen-bond donors (Lipinski definition) is 1. The molecule has 5 nitrogen and oxygen atoms in total. The molecule has 144 valence electrons. The van der Waals surface area contributed by atoms with Crippen LogP contribution in [0.3, 0.4) is 0 Å². The largest absolute Gasteiger partial charge is 0.368 e. The van der Waals surface area contributed by atoms with E-state index in [0.717, 1.165) is 55.3 Å². The van der Waals surface area contributed by atoms with Crippen LogP contribution in [-0.4, -0.2) is 42.9 Å². The van der Waals surface area contributed by atoms with Gasteiger partial charge in [0.1, 0.15) is 0 Å². The molecule has 3 rings (SSSR count). The molecular formula is C21H27N3O2S. The summed E-state index contributed by atoms with van der Waals surface area (Å²) >= 11 is 1.59. The molecule has 1 aromatic heterocycles. The van der Waals surface area contributed by atoms with E-state index in [0.29, 0.717) is 12.8 Å². The topological polar surface area (TPSA) is 52.7 Å². The maximum absolute atomic E-state index is 12.1. The average molecular weight is 386 g/mol. The Morgan fingerprint density at radius 2 is 1.81 bits per heavy atom. The summed E-state index contributed by atoms with van der Waals surface area (Å²) in [5.41, 5.74) is 1.94. The Labute approximate surface area is 165 Å². The van der Waals surface area contributed by atoms with Gasteiger partial charge in [-0.05, 0) is 42.1 Å². The van der Waals surface area contributed by atoms with E-state index in [9.17, 15) is 9.59 Å². The number of benzene rings is 1. The van der Waals surface area contributed by atoms with Gasteiger partial charge in [0, 0.05) is 48.9 Å². The van der Waals surface area contributed by atoms with Crippen LogP contribution in [-0.2, 0) is 16.0 Å². The number of rotatable bonds is 7. The summed E-state index contributed by atoms with van der Waals surface area (Å²) in [7, 11) is 0. The summed E-state index contributed by atoms with van der Waals surface area (Å²) in [5.74, 6) is 0.282. The molecule has 0 radical (unpaired) electrons. The Kier molecular flexibility index (Phi) is 6.87. The number of piperazine rings is 1.